The molecule has 0 heterocycles. The molecule has 0 aromatic rings. The second kappa shape index (κ2) is 4.98. The zero-order chi connectivity index (χ0) is 15.1. The van der Waals surface area contributed by atoms with Crippen molar-refractivity contribution in [1.29, 1.82) is 0 Å². The fourth-order valence-electron chi connectivity index (χ4n) is 4.19. The molecule has 4 atom stereocenters. The summed E-state index contributed by atoms with van der Waals surface area (Å²) in [6, 6.07) is 0. The van der Waals surface area contributed by atoms with Gasteiger partial charge < -0.3 is 0 Å². The first-order valence-electron chi connectivity index (χ1n) is 7.61. The number of hydrogen-bond donors (Lipinski definition) is 0. The van der Waals surface area contributed by atoms with Crippen LogP contribution in [0.15, 0.2) is 23.8 Å². The van der Waals surface area contributed by atoms with Gasteiger partial charge in [-0.2, -0.15) is 0 Å². The number of allylic oxidation sites excluding steroid dienone is 4. The van der Waals surface area contributed by atoms with Gasteiger partial charge in [0, 0.05) is 6.42 Å². The second-order valence-electron chi connectivity index (χ2n) is 7.22. The zero-order valence-electron chi connectivity index (χ0n) is 13.3. The minimum absolute atomic E-state index is 0.0795. The Hall–Kier alpha value is -1.18. The number of carbonyl (C=O) groups is 2. The number of hydrogen-bond acceptors (Lipinski definition) is 2. The fourth-order valence-corrected chi connectivity index (χ4v) is 4.19. The Morgan fingerprint density at radius 2 is 2.05 bits per heavy atom. The van der Waals surface area contributed by atoms with Gasteiger partial charge in [0.05, 0.1) is 0 Å². The standard InChI is InChI=1S/C18H26O2/c1-12-6-8-18(5)13(2)10-15(20)11-16(18)17(12,4)9-7-14(3)19/h7,9-10,12,16H,6,8,11H2,1-5H3/b9-7+/t12-,16-,17+,18-/m1/s1. The van der Waals surface area contributed by atoms with Crippen LogP contribution in [0.25, 0.3) is 0 Å². The SMILES string of the molecule is CC(=O)/C=C/[C@@]1(C)[C@H](C)CC[C@]2(C)C(C)=CC(=O)C[C@H]12. The number of ketones is 2. The maximum atomic E-state index is 12.0. The summed E-state index contributed by atoms with van der Waals surface area (Å²) in [5.74, 6) is 1.11. The van der Waals surface area contributed by atoms with E-state index in [1.54, 1.807) is 13.0 Å². The second-order valence-corrected chi connectivity index (χ2v) is 7.22. The maximum Gasteiger partial charge on any atom is 0.155 e. The molecule has 2 nitrogen and oxygen atoms in total. The lowest BCUT2D eigenvalue weighted by Crippen LogP contribution is -2.50. The molecule has 1 fully saturated rings. The summed E-state index contributed by atoms with van der Waals surface area (Å²) in [5.41, 5.74) is 1.23. The highest BCUT2D eigenvalue weighted by Crippen LogP contribution is 2.60. The van der Waals surface area contributed by atoms with Crippen molar-refractivity contribution in [2.45, 2.75) is 53.9 Å². The predicted octanol–water partition coefficient (Wildman–Crippen LogP) is 4.11. The van der Waals surface area contributed by atoms with E-state index in [2.05, 4.69) is 33.8 Å². The van der Waals surface area contributed by atoms with E-state index in [4.69, 9.17) is 0 Å². The molecule has 2 heteroatoms. The van der Waals surface area contributed by atoms with Crippen LogP contribution in [-0.2, 0) is 9.59 Å². The Morgan fingerprint density at radius 3 is 2.65 bits per heavy atom. The zero-order valence-corrected chi connectivity index (χ0v) is 13.3. The van der Waals surface area contributed by atoms with Gasteiger partial charge >= 0.3 is 0 Å². The number of carbonyl (C=O) groups excluding carboxylic acids is 2. The molecule has 0 bridgehead atoms. The summed E-state index contributed by atoms with van der Waals surface area (Å²) in [5, 5.41) is 0. The van der Waals surface area contributed by atoms with Crippen molar-refractivity contribution in [2.24, 2.45) is 22.7 Å². The van der Waals surface area contributed by atoms with Crippen LogP contribution in [0.5, 0.6) is 0 Å². The Morgan fingerprint density at radius 1 is 1.40 bits per heavy atom. The molecule has 0 amide bonds. The van der Waals surface area contributed by atoms with Gasteiger partial charge in [-0.05, 0) is 61.5 Å². The molecule has 20 heavy (non-hydrogen) atoms. The molecule has 1 saturated carbocycles. The fraction of sp³-hybridized carbons (Fsp3) is 0.667. The minimum Gasteiger partial charge on any atom is -0.295 e. The summed E-state index contributed by atoms with van der Waals surface area (Å²) >= 11 is 0. The van der Waals surface area contributed by atoms with E-state index in [0.717, 1.165) is 12.8 Å². The summed E-state index contributed by atoms with van der Waals surface area (Å²) in [4.78, 5) is 23.4. The molecule has 2 aliphatic rings. The van der Waals surface area contributed by atoms with Crippen molar-refractivity contribution in [3.8, 4) is 0 Å². The Kier molecular flexibility index (Phi) is 3.79. The van der Waals surface area contributed by atoms with Crippen LogP contribution in [0.4, 0.5) is 0 Å². The third-order valence-electron chi connectivity index (χ3n) is 6.04. The van der Waals surface area contributed by atoms with Gasteiger partial charge in [0.15, 0.2) is 11.6 Å². The van der Waals surface area contributed by atoms with Crippen LogP contribution in [0.2, 0.25) is 0 Å². The Labute approximate surface area is 122 Å². The molecule has 0 radical (unpaired) electrons. The van der Waals surface area contributed by atoms with Gasteiger partial charge in [0.25, 0.3) is 0 Å². The smallest absolute Gasteiger partial charge is 0.155 e. The van der Waals surface area contributed by atoms with Crippen molar-refractivity contribution < 1.29 is 9.59 Å². The molecule has 0 aromatic carbocycles. The minimum atomic E-state index is -0.0795. The summed E-state index contributed by atoms with van der Waals surface area (Å²) in [6.07, 6.45) is 8.50. The lowest BCUT2D eigenvalue weighted by molar-refractivity contribution is -0.121. The monoisotopic (exact) mass is 274 g/mol. The first kappa shape index (κ1) is 15.2. The highest BCUT2D eigenvalue weighted by Gasteiger charge is 2.53. The first-order chi connectivity index (χ1) is 9.20. The van der Waals surface area contributed by atoms with E-state index in [9.17, 15) is 9.59 Å². The van der Waals surface area contributed by atoms with Gasteiger partial charge in [-0.1, -0.05) is 32.4 Å². The van der Waals surface area contributed by atoms with E-state index in [-0.39, 0.29) is 22.4 Å². The third kappa shape index (κ3) is 2.30. The quantitative estimate of drug-likeness (QED) is 0.710. The average molecular weight is 274 g/mol. The van der Waals surface area contributed by atoms with E-state index < -0.39 is 0 Å². The molecule has 0 saturated heterocycles. The van der Waals surface area contributed by atoms with Crippen LogP contribution in [0, 0.1) is 22.7 Å². The predicted molar refractivity (Wildman–Crippen MR) is 81.3 cm³/mol. The molecule has 0 N–H and O–H groups in total. The number of rotatable bonds is 2. The van der Waals surface area contributed by atoms with E-state index >= 15 is 0 Å². The molecule has 2 aliphatic carbocycles. The first-order valence-corrected chi connectivity index (χ1v) is 7.61. The molecule has 0 spiro atoms. The highest BCUT2D eigenvalue weighted by molar-refractivity contribution is 5.92. The molecular weight excluding hydrogens is 248 g/mol. The van der Waals surface area contributed by atoms with Crippen molar-refractivity contribution in [2.75, 3.05) is 0 Å². The van der Waals surface area contributed by atoms with Gasteiger partial charge in [-0.15, -0.1) is 0 Å². The summed E-state index contributed by atoms with van der Waals surface area (Å²) in [6.45, 7) is 10.5. The van der Waals surface area contributed by atoms with Crippen molar-refractivity contribution in [3.05, 3.63) is 23.8 Å². The largest absolute Gasteiger partial charge is 0.295 e. The van der Waals surface area contributed by atoms with Gasteiger partial charge in [-0.25, -0.2) is 0 Å². The molecular formula is C18H26O2. The Bertz CT molecular complexity index is 500. The van der Waals surface area contributed by atoms with E-state index in [1.807, 2.05) is 6.08 Å². The molecule has 0 unspecified atom stereocenters. The van der Waals surface area contributed by atoms with E-state index in [1.165, 1.54) is 5.57 Å². The molecule has 0 aliphatic heterocycles. The Balaban J connectivity index is 2.48. The van der Waals surface area contributed by atoms with Crippen molar-refractivity contribution >= 4 is 11.6 Å². The summed E-state index contributed by atoms with van der Waals surface area (Å²) < 4.78 is 0. The van der Waals surface area contributed by atoms with Crippen molar-refractivity contribution in [1.82, 2.24) is 0 Å². The lowest BCUT2D eigenvalue weighted by Gasteiger charge is -2.56. The van der Waals surface area contributed by atoms with Crippen LogP contribution in [0.1, 0.15) is 53.9 Å². The molecule has 2 rings (SSSR count). The van der Waals surface area contributed by atoms with Gasteiger partial charge in [0.2, 0.25) is 0 Å². The highest BCUT2D eigenvalue weighted by atomic mass is 16.1. The normalized spacial score (nSPS) is 41.5. The van der Waals surface area contributed by atoms with Crippen LogP contribution >= 0.6 is 0 Å². The van der Waals surface area contributed by atoms with Crippen molar-refractivity contribution in [3.63, 3.8) is 0 Å². The van der Waals surface area contributed by atoms with Crippen LogP contribution in [0.3, 0.4) is 0 Å². The number of fused-ring (bicyclic) bond motifs is 1. The maximum absolute atomic E-state index is 12.0. The van der Waals surface area contributed by atoms with Crippen LogP contribution < -0.4 is 0 Å². The van der Waals surface area contributed by atoms with E-state index in [0.29, 0.717) is 18.3 Å². The van der Waals surface area contributed by atoms with Crippen LogP contribution in [-0.4, -0.2) is 11.6 Å². The topological polar surface area (TPSA) is 34.1 Å². The summed E-state index contributed by atoms with van der Waals surface area (Å²) in [7, 11) is 0. The lowest BCUT2D eigenvalue weighted by atomic mass is 9.48. The third-order valence-corrected chi connectivity index (χ3v) is 6.04. The molecule has 110 valence electrons. The van der Waals surface area contributed by atoms with Gasteiger partial charge in [-0.3, -0.25) is 9.59 Å². The van der Waals surface area contributed by atoms with Gasteiger partial charge in [0.1, 0.15) is 0 Å². The molecule has 0 aromatic heterocycles. The average Bonchev–Trinajstić information content (AvgIpc) is 2.36.